The Balaban J connectivity index is 1.82. The van der Waals surface area contributed by atoms with Crippen molar-refractivity contribution in [3.63, 3.8) is 0 Å². The number of nitrogens with zero attached hydrogens (tertiary/aromatic N) is 3. The van der Waals surface area contributed by atoms with Gasteiger partial charge in [-0.25, -0.2) is 0 Å². The number of nitrogens with one attached hydrogen (secondary N) is 1. The van der Waals surface area contributed by atoms with Crippen molar-refractivity contribution in [1.82, 2.24) is 19.9 Å². The van der Waals surface area contributed by atoms with Gasteiger partial charge >= 0.3 is 0 Å². The Labute approximate surface area is 138 Å². The number of pyridine rings is 3. The maximum absolute atomic E-state index is 12.3. The van der Waals surface area contributed by atoms with E-state index in [1.165, 1.54) is 10.6 Å². The van der Waals surface area contributed by atoms with Crippen molar-refractivity contribution in [1.29, 1.82) is 0 Å². The summed E-state index contributed by atoms with van der Waals surface area (Å²) < 4.78 is 1.38. The van der Waals surface area contributed by atoms with Crippen LogP contribution in [0.15, 0.2) is 66.0 Å². The number of aryl methyl sites for hydroxylation is 1. The number of amides is 1. The van der Waals surface area contributed by atoms with Crippen molar-refractivity contribution in [3.8, 4) is 11.3 Å². The van der Waals surface area contributed by atoms with Crippen LogP contribution < -0.4 is 10.9 Å². The summed E-state index contributed by atoms with van der Waals surface area (Å²) >= 11 is 0. The van der Waals surface area contributed by atoms with Crippen molar-refractivity contribution in [2.24, 2.45) is 7.05 Å². The SMILES string of the molecule is Cn1cccc(C(=O)NCc2cccnc2-c2ccncc2)c1=O. The Morgan fingerprint density at radius 1 is 1.12 bits per heavy atom. The summed E-state index contributed by atoms with van der Waals surface area (Å²) in [6, 6.07) is 10.6. The zero-order valence-electron chi connectivity index (χ0n) is 13.1. The maximum Gasteiger partial charge on any atom is 0.263 e. The standard InChI is InChI=1S/C18H16N4O2/c1-22-11-3-5-15(18(22)24)17(23)21-12-14-4-2-8-20-16(14)13-6-9-19-10-7-13/h2-11H,12H2,1H3,(H,21,23). The number of rotatable bonds is 4. The van der Waals surface area contributed by atoms with Crippen LogP contribution in [-0.2, 0) is 13.6 Å². The lowest BCUT2D eigenvalue weighted by Gasteiger charge is -2.10. The van der Waals surface area contributed by atoms with Gasteiger partial charge < -0.3 is 9.88 Å². The molecule has 3 aromatic rings. The van der Waals surface area contributed by atoms with E-state index < -0.39 is 5.91 Å². The fourth-order valence-electron chi connectivity index (χ4n) is 2.39. The van der Waals surface area contributed by atoms with Gasteiger partial charge in [0.15, 0.2) is 0 Å². The molecule has 0 unspecified atom stereocenters. The summed E-state index contributed by atoms with van der Waals surface area (Å²) in [5.74, 6) is -0.402. The highest BCUT2D eigenvalue weighted by Crippen LogP contribution is 2.20. The van der Waals surface area contributed by atoms with Crippen molar-refractivity contribution in [3.05, 3.63) is 82.7 Å². The molecule has 6 nitrogen and oxygen atoms in total. The molecule has 6 heteroatoms. The smallest absolute Gasteiger partial charge is 0.263 e. The van der Waals surface area contributed by atoms with E-state index >= 15 is 0 Å². The van der Waals surface area contributed by atoms with Crippen molar-refractivity contribution in [2.75, 3.05) is 0 Å². The number of carbonyl (C=O) groups excluding carboxylic acids is 1. The molecule has 3 rings (SSSR count). The molecule has 0 saturated heterocycles. The zero-order chi connectivity index (χ0) is 16.9. The van der Waals surface area contributed by atoms with E-state index in [-0.39, 0.29) is 17.7 Å². The van der Waals surface area contributed by atoms with Crippen LogP contribution >= 0.6 is 0 Å². The minimum Gasteiger partial charge on any atom is -0.348 e. The highest BCUT2D eigenvalue weighted by molar-refractivity contribution is 5.93. The van der Waals surface area contributed by atoms with Crippen molar-refractivity contribution >= 4 is 5.91 Å². The largest absolute Gasteiger partial charge is 0.348 e. The third-order valence-electron chi connectivity index (χ3n) is 3.65. The van der Waals surface area contributed by atoms with E-state index in [1.807, 2.05) is 24.3 Å². The Bertz CT molecular complexity index is 920. The minimum atomic E-state index is -0.402. The molecule has 0 fully saturated rings. The monoisotopic (exact) mass is 320 g/mol. The van der Waals surface area contributed by atoms with Gasteiger partial charge in [0.2, 0.25) is 0 Å². The first-order valence-corrected chi connectivity index (χ1v) is 7.45. The molecule has 3 aromatic heterocycles. The Kier molecular flexibility index (Phi) is 4.47. The van der Waals surface area contributed by atoms with Gasteiger partial charge in [-0.3, -0.25) is 19.6 Å². The first kappa shape index (κ1) is 15.6. The Morgan fingerprint density at radius 3 is 2.71 bits per heavy atom. The van der Waals surface area contributed by atoms with Crippen LogP contribution in [0.25, 0.3) is 11.3 Å². The molecule has 0 aliphatic carbocycles. The van der Waals surface area contributed by atoms with Gasteiger partial charge in [-0.05, 0) is 35.9 Å². The van der Waals surface area contributed by atoms with Crippen LogP contribution in [0.2, 0.25) is 0 Å². The summed E-state index contributed by atoms with van der Waals surface area (Å²) in [6.45, 7) is 0.280. The average molecular weight is 320 g/mol. The molecule has 24 heavy (non-hydrogen) atoms. The van der Waals surface area contributed by atoms with Gasteiger partial charge in [-0.15, -0.1) is 0 Å². The van der Waals surface area contributed by atoms with E-state index in [9.17, 15) is 9.59 Å². The summed E-state index contributed by atoms with van der Waals surface area (Å²) in [7, 11) is 1.61. The molecule has 0 aromatic carbocycles. The lowest BCUT2D eigenvalue weighted by Crippen LogP contribution is -2.31. The van der Waals surface area contributed by atoms with Crippen LogP contribution in [0.5, 0.6) is 0 Å². The van der Waals surface area contributed by atoms with Crippen LogP contribution in [0.3, 0.4) is 0 Å². The van der Waals surface area contributed by atoms with E-state index in [0.717, 1.165) is 16.8 Å². The van der Waals surface area contributed by atoms with Crippen LogP contribution in [-0.4, -0.2) is 20.4 Å². The molecule has 1 amide bonds. The molecule has 0 aliphatic heterocycles. The van der Waals surface area contributed by atoms with Crippen molar-refractivity contribution in [2.45, 2.75) is 6.54 Å². The van der Waals surface area contributed by atoms with Crippen LogP contribution in [0, 0.1) is 0 Å². The fourth-order valence-corrected chi connectivity index (χ4v) is 2.39. The van der Waals surface area contributed by atoms with E-state index in [4.69, 9.17) is 0 Å². The molecule has 0 aliphatic rings. The molecule has 3 heterocycles. The summed E-state index contributed by atoms with van der Waals surface area (Å²) in [4.78, 5) is 32.7. The molecule has 0 bridgehead atoms. The van der Waals surface area contributed by atoms with E-state index in [1.54, 1.807) is 37.9 Å². The summed E-state index contributed by atoms with van der Waals surface area (Å²) in [5.41, 5.74) is 2.36. The molecular weight excluding hydrogens is 304 g/mol. The van der Waals surface area contributed by atoms with E-state index in [0.29, 0.717) is 0 Å². The molecular formula is C18H16N4O2. The maximum atomic E-state index is 12.3. The molecule has 0 atom stereocenters. The quantitative estimate of drug-likeness (QED) is 0.795. The minimum absolute atomic E-state index is 0.120. The van der Waals surface area contributed by atoms with Gasteiger partial charge in [0, 0.05) is 43.9 Å². The van der Waals surface area contributed by atoms with Crippen LogP contribution in [0.4, 0.5) is 0 Å². The van der Waals surface area contributed by atoms with Gasteiger partial charge in [-0.1, -0.05) is 6.07 Å². The number of carbonyl (C=O) groups is 1. The molecule has 1 N–H and O–H groups in total. The third kappa shape index (κ3) is 3.22. The highest BCUT2D eigenvalue weighted by atomic mass is 16.2. The second kappa shape index (κ2) is 6.87. The number of aromatic nitrogens is 3. The topological polar surface area (TPSA) is 76.9 Å². The first-order valence-electron chi connectivity index (χ1n) is 7.45. The van der Waals surface area contributed by atoms with E-state index in [2.05, 4.69) is 15.3 Å². The van der Waals surface area contributed by atoms with Gasteiger partial charge in [0.25, 0.3) is 11.5 Å². The molecule has 0 saturated carbocycles. The lowest BCUT2D eigenvalue weighted by molar-refractivity contribution is 0.0949. The average Bonchev–Trinajstić information content (AvgIpc) is 2.63. The number of hydrogen-bond donors (Lipinski definition) is 1. The van der Waals surface area contributed by atoms with Gasteiger partial charge in [0.05, 0.1) is 5.69 Å². The Hall–Kier alpha value is -3.28. The zero-order valence-corrected chi connectivity index (χ0v) is 13.1. The lowest BCUT2D eigenvalue weighted by atomic mass is 10.1. The normalized spacial score (nSPS) is 10.4. The second-order valence-corrected chi connectivity index (χ2v) is 5.27. The predicted octanol–water partition coefficient (Wildman–Crippen LogP) is 1.77. The predicted molar refractivity (Wildman–Crippen MR) is 90.3 cm³/mol. The van der Waals surface area contributed by atoms with Gasteiger partial charge in [-0.2, -0.15) is 0 Å². The Morgan fingerprint density at radius 2 is 1.92 bits per heavy atom. The second-order valence-electron chi connectivity index (χ2n) is 5.27. The first-order chi connectivity index (χ1) is 11.7. The highest BCUT2D eigenvalue weighted by Gasteiger charge is 2.12. The van der Waals surface area contributed by atoms with Gasteiger partial charge in [0.1, 0.15) is 5.56 Å². The van der Waals surface area contributed by atoms with Crippen LogP contribution in [0.1, 0.15) is 15.9 Å². The van der Waals surface area contributed by atoms with Crippen molar-refractivity contribution < 1.29 is 4.79 Å². The third-order valence-corrected chi connectivity index (χ3v) is 3.65. The molecule has 0 radical (unpaired) electrons. The fraction of sp³-hybridized carbons (Fsp3) is 0.111. The molecule has 0 spiro atoms. The summed E-state index contributed by atoms with van der Waals surface area (Å²) in [6.07, 6.45) is 6.70. The number of hydrogen-bond acceptors (Lipinski definition) is 4. The molecule has 120 valence electrons. The summed E-state index contributed by atoms with van der Waals surface area (Å²) in [5, 5.41) is 2.79.